The van der Waals surface area contributed by atoms with E-state index in [9.17, 15) is 23.2 Å². The number of hydrogen-bond donors (Lipinski definition) is 3. The number of nitrogens with zero attached hydrogens (tertiary/aromatic N) is 2. The average Bonchev–Trinajstić information content (AvgIpc) is 3.00. The number of carbonyl (C=O) groups is 3. The van der Waals surface area contributed by atoms with E-state index in [-0.39, 0.29) is 24.1 Å². The lowest BCUT2D eigenvalue weighted by atomic mass is 10.0. The standard InChI is InChI=1S/C32H37F2N5O5.ClH/c1-3-4-13-39(32(42)37-27-17-24(31(36)41)25(33)18-26(27)34)22-11-14-38(15-12-22)19-20-5-8-23(9-6-20)44-28-10-7-21(30(35)40)16-29(28)43-2;/h5-10,16-18,22H,3-4,11-15,19H2,1-2H3,(H2,35,40)(H2,36,41)(H,37,42);1H. The quantitative estimate of drug-likeness (QED) is 0.231. The summed E-state index contributed by atoms with van der Waals surface area (Å²) in [5, 5.41) is 2.51. The molecule has 1 saturated heterocycles. The lowest BCUT2D eigenvalue weighted by molar-refractivity contribution is 0.0989. The van der Waals surface area contributed by atoms with Crippen LogP contribution in [0.2, 0.25) is 0 Å². The fraction of sp³-hybridized carbons (Fsp3) is 0.344. The molecule has 1 aliphatic rings. The Morgan fingerprint density at radius 3 is 2.24 bits per heavy atom. The van der Waals surface area contributed by atoms with Gasteiger partial charge in [-0.1, -0.05) is 25.5 Å². The fourth-order valence-corrected chi connectivity index (χ4v) is 5.14. The summed E-state index contributed by atoms with van der Waals surface area (Å²) in [6, 6.07) is 13.3. The number of ether oxygens (including phenoxy) is 2. The first-order valence-corrected chi connectivity index (χ1v) is 14.4. The molecule has 0 aliphatic carbocycles. The van der Waals surface area contributed by atoms with Crippen molar-refractivity contribution in [2.24, 2.45) is 11.5 Å². The van der Waals surface area contributed by atoms with Crippen molar-refractivity contribution in [3.63, 3.8) is 0 Å². The van der Waals surface area contributed by atoms with E-state index in [1.807, 2.05) is 31.2 Å². The van der Waals surface area contributed by atoms with Crippen molar-refractivity contribution in [2.45, 2.75) is 45.2 Å². The van der Waals surface area contributed by atoms with Gasteiger partial charge in [-0.15, -0.1) is 12.4 Å². The molecular formula is C32H38ClF2N5O5. The van der Waals surface area contributed by atoms with Gasteiger partial charge < -0.3 is 31.2 Å². The normalized spacial score (nSPS) is 13.4. The third kappa shape index (κ3) is 9.05. The summed E-state index contributed by atoms with van der Waals surface area (Å²) in [6.45, 7) is 4.71. The lowest BCUT2D eigenvalue weighted by Crippen LogP contribution is -2.49. The van der Waals surface area contributed by atoms with Crippen molar-refractivity contribution in [1.29, 1.82) is 0 Å². The zero-order valence-electron chi connectivity index (χ0n) is 25.2. The summed E-state index contributed by atoms with van der Waals surface area (Å²) in [5.41, 5.74) is 11.2. The molecule has 242 valence electrons. The number of amides is 4. The highest BCUT2D eigenvalue weighted by molar-refractivity contribution is 5.96. The van der Waals surface area contributed by atoms with Crippen LogP contribution in [0.1, 0.15) is 58.9 Å². The Hall–Kier alpha value is -4.42. The molecule has 3 aromatic rings. The molecule has 3 aromatic carbocycles. The van der Waals surface area contributed by atoms with Crippen molar-refractivity contribution < 1.29 is 32.6 Å². The molecule has 0 unspecified atom stereocenters. The summed E-state index contributed by atoms with van der Waals surface area (Å²) < 4.78 is 39.6. The number of methoxy groups -OCH3 is 1. The van der Waals surface area contributed by atoms with Gasteiger partial charge in [0.05, 0.1) is 18.4 Å². The molecule has 45 heavy (non-hydrogen) atoms. The summed E-state index contributed by atoms with van der Waals surface area (Å²) >= 11 is 0. The molecule has 5 N–H and O–H groups in total. The number of primary amides is 2. The molecule has 0 atom stereocenters. The molecule has 0 spiro atoms. The van der Waals surface area contributed by atoms with E-state index in [2.05, 4.69) is 10.2 Å². The molecule has 13 heteroatoms. The fourth-order valence-electron chi connectivity index (χ4n) is 5.14. The molecule has 4 amide bonds. The van der Waals surface area contributed by atoms with Crippen molar-refractivity contribution >= 4 is 35.9 Å². The van der Waals surface area contributed by atoms with E-state index in [0.29, 0.717) is 42.0 Å². The molecular weight excluding hydrogens is 608 g/mol. The SMILES string of the molecule is CCCCN(C(=O)Nc1cc(C(N)=O)c(F)cc1F)C1CCN(Cc2ccc(Oc3ccc(C(N)=O)cc3OC)cc2)CC1.Cl. The van der Waals surface area contributed by atoms with Crippen LogP contribution in [0.5, 0.6) is 17.2 Å². The average molecular weight is 646 g/mol. The monoisotopic (exact) mass is 645 g/mol. The zero-order chi connectivity index (χ0) is 31.8. The number of rotatable bonds is 12. The van der Waals surface area contributed by atoms with Gasteiger partial charge in [0.15, 0.2) is 11.5 Å². The van der Waals surface area contributed by atoms with Crippen LogP contribution in [0.3, 0.4) is 0 Å². The Balaban J connectivity index is 0.00000552. The third-order valence-electron chi connectivity index (χ3n) is 7.58. The predicted octanol–water partition coefficient (Wildman–Crippen LogP) is 5.68. The maximum atomic E-state index is 14.4. The number of unbranched alkanes of at least 4 members (excludes halogenated alkanes) is 1. The first-order chi connectivity index (χ1) is 21.1. The number of hydrogen-bond acceptors (Lipinski definition) is 6. The van der Waals surface area contributed by atoms with Crippen molar-refractivity contribution in [3.05, 3.63) is 82.9 Å². The first kappa shape index (κ1) is 35.1. The Bertz CT molecular complexity index is 1500. The summed E-state index contributed by atoms with van der Waals surface area (Å²) in [5.74, 6) is -2.21. The van der Waals surface area contributed by atoms with E-state index in [1.54, 1.807) is 17.0 Å². The molecule has 10 nitrogen and oxygen atoms in total. The van der Waals surface area contributed by atoms with Crippen LogP contribution in [0.15, 0.2) is 54.6 Å². The second-order valence-electron chi connectivity index (χ2n) is 10.6. The van der Waals surface area contributed by atoms with Crippen LogP contribution in [-0.4, -0.2) is 60.4 Å². The van der Waals surface area contributed by atoms with E-state index in [1.165, 1.54) is 13.2 Å². The smallest absolute Gasteiger partial charge is 0.322 e. The summed E-state index contributed by atoms with van der Waals surface area (Å²) in [6.07, 6.45) is 3.07. The van der Waals surface area contributed by atoms with Gasteiger partial charge in [0.1, 0.15) is 17.4 Å². The third-order valence-corrected chi connectivity index (χ3v) is 7.58. The van der Waals surface area contributed by atoms with E-state index in [4.69, 9.17) is 20.9 Å². The van der Waals surface area contributed by atoms with Crippen LogP contribution < -0.4 is 26.3 Å². The predicted molar refractivity (Wildman–Crippen MR) is 169 cm³/mol. The molecule has 0 bridgehead atoms. The van der Waals surface area contributed by atoms with Gasteiger partial charge in [0.25, 0.3) is 5.91 Å². The maximum Gasteiger partial charge on any atom is 0.322 e. The topological polar surface area (TPSA) is 140 Å². The van der Waals surface area contributed by atoms with E-state index in [0.717, 1.165) is 50.4 Å². The zero-order valence-corrected chi connectivity index (χ0v) is 26.0. The highest BCUT2D eigenvalue weighted by Gasteiger charge is 2.28. The number of benzene rings is 3. The molecule has 1 fully saturated rings. The van der Waals surface area contributed by atoms with Crippen LogP contribution in [-0.2, 0) is 6.54 Å². The van der Waals surface area contributed by atoms with Crippen LogP contribution in [0, 0.1) is 11.6 Å². The highest BCUT2D eigenvalue weighted by atomic mass is 35.5. The number of anilines is 1. The Kier molecular flexibility index (Phi) is 12.5. The summed E-state index contributed by atoms with van der Waals surface area (Å²) in [4.78, 5) is 40.2. The number of carbonyl (C=O) groups excluding carboxylic acids is 3. The number of halogens is 3. The van der Waals surface area contributed by atoms with Gasteiger partial charge in [-0.25, -0.2) is 13.6 Å². The van der Waals surface area contributed by atoms with E-state index < -0.39 is 35.0 Å². The van der Waals surface area contributed by atoms with Gasteiger partial charge in [0, 0.05) is 43.9 Å². The van der Waals surface area contributed by atoms with Gasteiger partial charge in [-0.2, -0.15) is 0 Å². The Morgan fingerprint density at radius 2 is 1.64 bits per heavy atom. The van der Waals surface area contributed by atoms with Gasteiger partial charge in [-0.05, 0) is 61.2 Å². The molecule has 0 aromatic heterocycles. The van der Waals surface area contributed by atoms with Crippen molar-refractivity contribution in [1.82, 2.24) is 9.80 Å². The number of piperidine rings is 1. The Morgan fingerprint density at radius 1 is 0.956 bits per heavy atom. The Labute approximate surface area is 267 Å². The largest absolute Gasteiger partial charge is 0.493 e. The van der Waals surface area contributed by atoms with Gasteiger partial charge in [0.2, 0.25) is 5.91 Å². The molecule has 0 saturated carbocycles. The maximum absolute atomic E-state index is 14.4. The second-order valence-corrected chi connectivity index (χ2v) is 10.6. The van der Waals surface area contributed by atoms with Crippen LogP contribution >= 0.6 is 12.4 Å². The van der Waals surface area contributed by atoms with Gasteiger partial charge >= 0.3 is 6.03 Å². The van der Waals surface area contributed by atoms with Gasteiger partial charge in [-0.3, -0.25) is 14.5 Å². The van der Waals surface area contributed by atoms with E-state index >= 15 is 0 Å². The minimum Gasteiger partial charge on any atom is -0.493 e. The number of nitrogens with one attached hydrogen (secondary N) is 1. The molecule has 0 radical (unpaired) electrons. The number of nitrogens with two attached hydrogens (primary N) is 2. The lowest BCUT2D eigenvalue weighted by Gasteiger charge is -2.38. The number of urea groups is 1. The van der Waals surface area contributed by atoms with Crippen molar-refractivity contribution in [3.8, 4) is 17.2 Å². The molecule has 1 heterocycles. The highest BCUT2D eigenvalue weighted by Crippen LogP contribution is 2.32. The first-order valence-electron chi connectivity index (χ1n) is 14.4. The minimum atomic E-state index is -1.08. The second kappa shape index (κ2) is 16.1. The molecule has 4 rings (SSSR count). The van der Waals surface area contributed by atoms with Crippen LogP contribution in [0.4, 0.5) is 19.3 Å². The number of likely N-dealkylation sites (tertiary alicyclic amines) is 1. The molecule has 1 aliphatic heterocycles. The minimum absolute atomic E-state index is 0. The van der Waals surface area contributed by atoms with Crippen molar-refractivity contribution in [2.75, 3.05) is 32.1 Å². The van der Waals surface area contributed by atoms with Crippen LogP contribution in [0.25, 0.3) is 0 Å². The summed E-state index contributed by atoms with van der Waals surface area (Å²) in [7, 11) is 1.49.